The Bertz CT molecular complexity index is 651. The first-order valence-electron chi connectivity index (χ1n) is 5.22. The van der Waals surface area contributed by atoms with Gasteiger partial charge in [-0.05, 0) is 24.6 Å². The van der Waals surface area contributed by atoms with Crippen LogP contribution in [-0.4, -0.2) is 24.6 Å². The zero-order valence-corrected chi connectivity index (χ0v) is 10.8. The number of aryl methyl sites for hydroxylation is 1. The lowest BCUT2D eigenvalue weighted by Gasteiger charge is -2.05. The van der Waals surface area contributed by atoms with E-state index in [9.17, 15) is 8.42 Å². The lowest BCUT2D eigenvalue weighted by atomic mass is 10.2. The van der Waals surface area contributed by atoms with Crippen LogP contribution in [0.15, 0.2) is 41.7 Å². The Kier molecular flexibility index (Phi) is 3.29. The largest absolute Gasteiger partial charge is 0.437 e. The summed E-state index contributed by atoms with van der Waals surface area (Å²) in [5.74, 6) is 0.893. The SMILES string of the molecule is Cc1cccc(Oc2cnc(S(C)(=O)=O)cn2)c1. The molecule has 0 radical (unpaired) electrons. The van der Waals surface area contributed by atoms with Gasteiger partial charge in [0.25, 0.3) is 0 Å². The average molecular weight is 264 g/mol. The Balaban J connectivity index is 2.21. The molecule has 2 rings (SSSR count). The van der Waals surface area contributed by atoms with Crippen molar-refractivity contribution in [3.8, 4) is 11.6 Å². The molecule has 0 fully saturated rings. The van der Waals surface area contributed by atoms with Crippen LogP contribution in [0, 0.1) is 6.92 Å². The fraction of sp³-hybridized carbons (Fsp3) is 0.167. The van der Waals surface area contributed by atoms with Crippen molar-refractivity contribution in [3.63, 3.8) is 0 Å². The summed E-state index contributed by atoms with van der Waals surface area (Å²) in [5, 5.41) is -0.0703. The highest BCUT2D eigenvalue weighted by atomic mass is 32.2. The quantitative estimate of drug-likeness (QED) is 0.847. The minimum absolute atomic E-state index is 0.0703. The van der Waals surface area contributed by atoms with Gasteiger partial charge in [0.2, 0.25) is 5.88 Å². The van der Waals surface area contributed by atoms with Crippen LogP contribution in [0.4, 0.5) is 0 Å². The molecule has 0 saturated heterocycles. The Hall–Kier alpha value is -1.95. The summed E-state index contributed by atoms with van der Waals surface area (Å²) in [4.78, 5) is 7.70. The second-order valence-corrected chi connectivity index (χ2v) is 5.85. The number of ether oxygens (including phenoxy) is 1. The smallest absolute Gasteiger partial charge is 0.237 e. The van der Waals surface area contributed by atoms with Gasteiger partial charge in [0.05, 0.1) is 12.4 Å². The Labute approximate surface area is 105 Å². The standard InChI is InChI=1S/C12H12N2O3S/c1-9-4-3-5-10(6-9)17-11-7-14-12(8-13-11)18(2,15)16/h3-8H,1-2H3. The molecule has 0 saturated carbocycles. The lowest BCUT2D eigenvalue weighted by Crippen LogP contribution is -2.01. The van der Waals surface area contributed by atoms with Gasteiger partial charge in [-0.1, -0.05) is 12.1 Å². The van der Waals surface area contributed by atoms with Crippen LogP contribution in [0.3, 0.4) is 0 Å². The highest BCUT2D eigenvalue weighted by Gasteiger charge is 2.09. The Morgan fingerprint density at radius 2 is 1.94 bits per heavy atom. The maximum atomic E-state index is 11.2. The van der Waals surface area contributed by atoms with E-state index in [4.69, 9.17) is 4.74 Å². The molecule has 0 N–H and O–H groups in total. The van der Waals surface area contributed by atoms with Crippen molar-refractivity contribution in [1.82, 2.24) is 9.97 Å². The van der Waals surface area contributed by atoms with E-state index in [1.807, 2.05) is 25.1 Å². The van der Waals surface area contributed by atoms with Crippen molar-refractivity contribution in [3.05, 3.63) is 42.2 Å². The minimum Gasteiger partial charge on any atom is -0.437 e. The summed E-state index contributed by atoms with van der Waals surface area (Å²) in [7, 11) is -3.33. The van der Waals surface area contributed by atoms with Gasteiger partial charge in [-0.3, -0.25) is 0 Å². The fourth-order valence-corrected chi connectivity index (χ4v) is 1.84. The summed E-state index contributed by atoms with van der Waals surface area (Å²) in [6.45, 7) is 1.95. The van der Waals surface area contributed by atoms with E-state index in [0.717, 1.165) is 11.8 Å². The van der Waals surface area contributed by atoms with Crippen LogP contribution in [0.25, 0.3) is 0 Å². The summed E-state index contributed by atoms with van der Waals surface area (Å²) in [5.41, 5.74) is 1.06. The van der Waals surface area contributed by atoms with Crippen LogP contribution in [0.2, 0.25) is 0 Å². The molecule has 1 heterocycles. The average Bonchev–Trinajstić information content (AvgIpc) is 2.28. The van der Waals surface area contributed by atoms with Gasteiger partial charge in [0.1, 0.15) is 5.75 Å². The first-order chi connectivity index (χ1) is 8.45. The highest BCUT2D eigenvalue weighted by molar-refractivity contribution is 7.90. The summed E-state index contributed by atoms with van der Waals surface area (Å²) in [6, 6.07) is 7.46. The van der Waals surface area contributed by atoms with Crippen molar-refractivity contribution in [2.24, 2.45) is 0 Å². The number of sulfone groups is 1. The molecular formula is C12H12N2O3S. The van der Waals surface area contributed by atoms with Gasteiger partial charge >= 0.3 is 0 Å². The second kappa shape index (κ2) is 4.73. The van der Waals surface area contributed by atoms with Crippen molar-refractivity contribution >= 4 is 9.84 Å². The van der Waals surface area contributed by atoms with Crippen molar-refractivity contribution in [2.45, 2.75) is 11.9 Å². The van der Waals surface area contributed by atoms with Gasteiger partial charge in [-0.2, -0.15) is 0 Å². The van der Waals surface area contributed by atoms with Gasteiger partial charge in [0, 0.05) is 6.26 Å². The fourth-order valence-electron chi connectivity index (χ4n) is 1.35. The van der Waals surface area contributed by atoms with Gasteiger partial charge in [0.15, 0.2) is 14.9 Å². The van der Waals surface area contributed by atoms with Crippen molar-refractivity contribution in [2.75, 3.05) is 6.26 Å². The summed E-state index contributed by atoms with van der Waals surface area (Å²) >= 11 is 0. The highest BCUT2D eigenvalue weighted by Crippen LogP contribution is 2.19. The molecule has 0 bridgehead atoms. The number of hydrogen-bond donors (Lipinski definition) is 0. The number of benzene rings is 1. The molecule has 0 aliphatic heterocycles. The van der Waals surface area contributed by atoms with Crippen molar-refractivity contribution in [1.29, 1.82) is 0 Å². The molecule has 5 nitrogen and oxygen atoms in total. The predicted molar refractivity (Wildman–Crippen MR) is 66.4 cm³/mol. The van der Waals surface area contributed by atoms with Gasteiger partial charge in [-0.15, -0.1) is 0 Å². The molecule has 0 aliphatic carbocycles. The van der Waals surface area contributed by atoms with E-state index in [1.54, 1.807) is 6.07 Å². The molecule has 2 aromatic rings. The first-order valence-corrected chi connectivity index (χ1v) is 7.11. The van der Waals surface area contributed by atoms with E-state index in [0.29, 0.717) is 5.75 Å². The molecule has 0 atom stereocenters. The van der Waals surface area contributed by atoms with E-state index in [2.05, 4.69) is 9.97 Å². The molecule has 94 valence electrons. The molecule has 1 aromatic carbocycles. The topological polar surface area (TPSA) is 69.2 Å². The lowest BCUT2D eigenvalue weighted by molar-refractivity contribution is 0.457. The van der Waals surface area contributed by atoms with E-state index < -0.39 is 9.84 Å². The van der Waals surface area contributed by atoms with E-state index in [-0.39, 0.29) is 10.9 Å². The first kappa shape index (κ1) is 12.5. The predicted octanol–water partition coefficient (Wildman–Crippen LogP) is 1.98. The molecule has 0 amide bonds. The third-order valence-corrected chi connectivity index (χ3v) is 3.17. The minimum atomic E-state index is -3.33. The summed E-state index contributed by atoms with van der Waals surface area (Å²) in [6.07, 6.45) is 3.55. The second-order valence-electron chi connectivity index (χ2n) is 3.88. The molecule has 0 aliphatic rings. The monoisotopic (exact) mass is 264 g/mol. The Morgan fingerprint density at radius 3 is 2.50 bits per heavy atom. The van der Waals surface area contributed by atoms with Crippen LogP contribution >= 0.6 is 0 Å². The van der Waals surface area contributed by atoms with Gasteiger partial charge in [-0.25, -0.2) is 18.4 Å². The Morgan fingerprint density at radius 1 is 1.17 bits per heavy atom. The molecule has 1 aromatic heterocycles. The maximum absolute atomic E-state index is 11.2. The molecule has 6 heteroatoms. The van der Waals surface area contributed by atoms with E-state index >= 15 is 0 Å². The van der Waals surface area contributed by atoms with Gasteiger partial charge < -0.3 is 4.74 Å². The molecule has 0 unspecified atom stereocenters. The van der Waals surface area contributed by atoms with Crippen LogP contribution in [-0.2, 0) is 9.84 Å². The molecular weight excluding hydrogens is 252 g/mol. The van der Waals surface area contributed by atoms with Crippen LogP contribution < -0.4 is 4.74 Å². The zero-order chi connectivity index (χ0) is 13.2. The van der Waals surface area contributed by atoms with E-state index in [1.165, 1.54) is 12.4 Å². The third-order valence-electron chi connectivity index (χ3n) is 2.20. The number of rotatable bonds is 3. The molecule has 0 spiro atoms. The number of nitrogens with zero attached hydrogens (tertiary/aromatic N) is 2. The van der Waals surface area contributed by atoms with Crippen LogP contribution in [0.1, 0.15) is 5.56 Å². The number of aromatic nitrogens is 2. The summed E-state index contributed by atoms with van der Waals surface area (Å²) < 4.78 is 27.9. The van der Waals surface area contributed by atoms with Crippen molar-refractivity contribution < 1.29 is 13.2 Å². The third kappa shape index (κ3) is 3.04. The normalized spacial score (nSPS) is 11.2. The zero-order valence-electron chi connectivity index (χ0n) is 9.99. The molecule has 18 heavy (non-hydrogen) atoms. The number of hydrogen-bond acceptors (Lipinski definition) is 5. The maximum Gasteiger partial charge on any atom is 0.237 e. The van der Waals surface area contributed by atoms with Crippen LogP contribution in [0.5, 0.6) is 11.6 Å².